The minimum atomic E-state index is -0.797. The molecule has 25 heavy (non-hydrogen) atoms. The number of hydrogen-bond acceptors (Lipinski definition) is 3. The predicted molar refractivity (Wildman–Crippen MR) is 101 cm³/mol. The summed E-state index contributed by atoms with van der Waals surface area (Å²) < 4.78 is 6.33. The zero-order chi connectivity index (χ0) is 17.8. The van der Waals surface area contributed by atoms with Crippen LogP contribution in [-0.4, -0.2) is 24.5 Å². The van der Waals surface area contributed by atoms with E-state index in [1.165, 1.54) is 0 Å². The van der Waals surface area contributed by atoms with E-state index in [2.05, 4.69) is 15.9 Å². The van der Waals surface area contributed by atoms with Gasteiger partial charge in [0, 0.05) is 16.7 Å². The van der Waals surface area contributed by atoms with Crippen molar-refractivity contribution in [2.75, 3.05) is 11.4 Å². The van der Waals surface area contributed by atoms with Gasteiger partial charge < -0.3 is 9.64 Å². The number of nitrogens with zero attached hydrogens (tertiary/aromatic N) is 1. The average molecular weight is 402 g/mol. The number of amides is 1. The molecule has 0 N–H and O–H groups in total. The van der Waals surface area contributed by atoms with E-state index in [9.17, 15) is 9.59 Å². The molecule has 0 radical (unpaired) electrons. The molecule has 3 rings (SSSR count). The number of para-hydroxylation sites is 1. The van der Waals surface area contributed by atoms with Crippen LogP contribution in [0, 0.1) is 0 Å². The van der Waals surface area contributed by atoms with Crippen molar-refractivity contribution in [1.82, 2.24) is 0 Å². The molecule has 0 spiro atoms. The predicted octanol–water partition coefficient (Wildman–Crippen LogP) is 3.90. The number of rotatable bonds is 4. The first-order valence-corrected chi connectivity index (χ1v) is 9.17. The number of halogens is 1. The van der Waals surface area contributed by atoms with Crippen LogP contribution >= 0.6 is 15.9 Å². The van der Waals surface area contributed by atoms with Crippen molar-refractivity contribution in [3.05, 3.63) is 64.1 Å². The SMILES string of the molecule is CC(OC(=O)Cc1ccc(Br)cc1)C(=O)N1CCCc2ccccc21. The van der Waals surface area contributed by atoms with Crippen LogP contribution in [0.1, 0.15) is 24.5 Å². The van der Waals surface area contributed by atoms with Crippen molar-refractivity contribution in [3.63, 3.8) is 0 Å². The van der Waals surface area contributed by atoms with Crippen LogP contribution in [0.2, 0.25) is 0 Å². The first kappa shape index (κ1) is 17.7. The highest BCUT2D eigenvalue weighted by atomic mass is 79.9. The lowest BCUT2D eigenvalue weighted by Gasteiger charge is -2.31. The molecule has 2 aromatic carbocycles. The molecular weight excluding hydrogens is 382 g/mol. The molecule has 2 aromatic rings. The summed E-state index contributed by atoms with van der Waals surface area (Å²) in [4.78, 5) is 26.6. The van der Waals surface area contributed by atoms with Crippen LogP contribution in [0.5, 0.6) is 0 Å². The number of ether oxygens (including phenoxy) is 1. The van der Waals surface area contributed by atoms with Gasteiger partial charge in [0.15, 0.2) is 6.10 Å². The zero-order valence-electron chi connectivity index (χ0n) is 14.1. The summed E-state index contributed by atoms with van der Waals surface area (Å²) in [5, 5.41) is 0. The normalized spacial score (nSPS) is 14.6. The molecule has 5 heteroatoms. The number of benzene rings is 2. The van der Waals surface area contributed by atoms with Crippen molar-refractivity contribution in [2.24, 2.45) is 0 Å². The molecule has 0 aromatic heterocycles. The Labute approximate surface area is 155 Å². The van der Waals surface area contributed by atoms with Gasteiger partial charge >= 0.3 is 5.97 Å². The van der Waals surface area contributed by atoms with Gasteiger partial charge in [0.2, 0.25) is 0 Å². The molecule has 1 unspecified atom stereocenters. The number of anilines is 1. The number of carbonyl (C=O) groups excluding carboxylic acids is 2. The molecule has 0 saturated heterocycles. The van der Waals surface area contributed by atoms with E-state index >= 15 is 0 Å². The molecule has 0 saturated carbocycles. The van der Waals surface area contributed by atoms with Crippen LogP contribution in [-0.2, 0) is 27.2 Å². The monoisotopic (exact) mass is 401 g/mol. The van der Waals surface area contributed by atoms with Crippen molar-refractivity contribution in [1.29, 1.82) is 0 Å². The van der Waals surface area contributed by atoms with Gasteiger partial charge in [0.05, 0.1) is 6.42 Å². The molecule has 1 amide bonds. The largest absolute Gasteiger partial charge is 0.452 e. The number of aryl methyl sites for hydroxylation is 1. The highest BCUT2D eigenvalue weighted by Crippen LogP contribution is 2.27. The Morgan fingerprint density at radius 2 is 1.88 bits per heavy atom. The summed E-state index contributed by atoms with van der Waals surface area (Å²) in [7, 11) is 0. The Kier molecular flexibility index (Phi) is 5.53. The first-order valence-electron chi connectivity index (χ1n) is 8.38. The molecule has 0 fully saturated rings. The van der Waals surface area contributed by atoms with Gasteiger partial charge in [0.25, 0.3) is 5.91 Å². The molecular formula is C20H20BrNO3. The Balaban J connectivity index is 1.63. The van der Waals surface area contributed by atoms with Crippen molar-refractivity contribution >= 4 is 33.5 Å². The van der Waals surface area contributed by atoms with E-state index in [1.807, 2.05) is 48.5 Å². The van der Waals surface area contributed by atoms with E-state index in [0.717, 1.165) is 34.1 Å². The first-order chi connectivity index (χ1) is 12.0. The van der Waals surface area contributed by atoms with E-state index in [4.69, 9.17) is 4.74 Å². The van der Waals surface area contributed by atoms with Crippen molar-refractivity contribution in [2.45, 2.75) is 32.3 Å². The number of hydrogen-bond donors (Lipinski definition) is 0. The lowest BCUT2D eigenvalue weighted by molar-refractivity contribution is -0.153. The third-order valence-electron chi connectivity index (χ3n) is 4.29. The summed E-state index contributed by atoms with van der Waals surface area (Å²) >= 11 is 3.36. The summed E-state index contributed by atoms with van der Waals surface area (Å²) in [5.74, 6) is -0.565. The van der Waals surface area contributed by atoms with E-state index in [0.29, 0.717) is 6.54 Å². The molecule has 1 atom stereocenters. The third-order valence-corrected chi connectivity index (χ3v) is 4.82. The van der Waals surface area contributed by atoms with Crippen molar-refractivity contribution < 1.29 is 14.3 Å². The van der Waals surface area contributed by atoms with Crippen LogP contribution < -0.4 is 4.90 Å². The van der Waals surface area contributed by atoms with E-state index < -0.39 is 12.1 Å². The van der Waals surface area contributed by atoms with E-state index in [-0.39, 0.29) is 12.3 Å². The van der Waals surface area contributed by atoms with Gasteiger partial charge in [0.1, 0.15) is 0 Å². The van der Waals surface area contributed by atoms with Gasteiger partial charge in [-0.1, -0.05) is 46.3 Å². The Hall–Kier alpha value is -2.14. The molecule has 0 aliphatic carbocycles. The van der Waals surface area contributed by atoms with Gasteiger partial charge in [-0.15, -0.1) is 0 Å². The summed E-state index contributed by atoms with van der Waals surface area (Å²) in [6.45, 7) is 2.30. The third kappa shape index (κ3) is 4.28. The summed E-state index contributed by atoms with van der Waals surface area (Å²) in [6.07, 6.45) is 1.25. The molecule has 1 aliphatic rings. The Bertz CT molecular complexity index is 773. The Morgan fingerprint density at radius 3 is 2.64 bits per heavy atom. The zero-order valence-corrected chi connectivity index (χ0v) is 15.7. The van der Waals surface area contributed by atoms with Gasteiger partial charge in [-0.3, -0.25) is 9.59 Å². The second-order valence-corrected chi connectivity index (χ2v) is 7.07. The lowest BCUT2D eigenvalue weighted by Crippen LogP contribution is -2.42. The molecule has 0 bridgehead atoms. The quantitative estimate of drug-likeness (QED) is 0.729. The molecule has 4 nitrogen and oxygen atoms in total. The number of fused-ring (bicyclic) bond motifs is 1. The van der Waals surface area contributed by atoms with Crippen molar-refractivity contribution in [3.8, 4) is 0 Å². The van der Waals surface area contributed by atoms with Crippen LogP contribution in [0.25, 0.3) is 0 Å². The summed E-state index contributed by atoms with van der Waals surface area (Å²) in [5.41, 5.74) is 2.95. The maximum atomic E-state index is 12.7. The molecule has 130 valence electrons. The maximum Gasteiger partial charge on any atom is 0.311 e. The van der Waals surface area contributed by atoms with Crippen LogP contribution in [0.4, 0.5) is 5.69 Å². The van der Waals surface area contributed by atoms with Gasteiger partial charge in [-0.2, -0.15) is 0 Å². The lowest BCUT2D eigenvalue weighted by atomic mass is 10.0. The van der Waals surface area contributed by atoms with Crippen LogP contribution in [0.15, 0.2) is 53.0 Å². The molecule has 1 heterocycles. The fraction of sp³-hybridized carbons (Fsp3) is 0.300. The minimum Gasteiger partial charge on any atom is -0.452 e. The van der Waals surface area contributed by atoms with Gasteiger partial charge in [-0.25, -0.2) is 0 Å². The van der Waals surface area contributed by atoms with E-state index in [1.54, 1.807) is 11.8 Å². The summed E-state index contributed by atoms with van der Waals surface area (Å²) in [6, 6.07) is 15.4. The second-order valence-electron chi connectivity index (χ2n) is 6.16. The smallest absolute Gasteiger partial charge is 0.311 e. The highest BCUT2D eigenvalue weighted by molar-refractivity contribution is 9.10. The molecule has 1 aliphatic heterocycles. The standard InChI is InChI=1S/C20H20BrNO3/c1-14(25-19(23)13-15-8-10-17(21)11-9-15)20(24)22-12-4-6-16-5-2-3-7-18(16)22/h2-3,5,7-11,14H,4,6,12-13H2,1H3. The maximum absolute atomic E-state index is 12.7. The van der Waals surface area contributed by atoms with Gasteiger partial charge in [-0.05, 0) is 49.1 Å². The number of esters is 1. The van der Waals surface area contributed by atoms with Crippen LogP contribution in [0.3, 0.4) is 0 Å². The fourth-order valence-corrected chi connectivity index (χ4v) is 3.30. The second kappa shape index (κ2) is 7.83. The topological polar surface area (TPSA) is 46.6 Å². The number of carbonyl (C=O) groups is 2. The highest BCUT2D eigenvalue weighted by Gasteiger charge is 2.28. The fourth-order valence-electron chi connectivity index (χ4n) is 3.04. The Morgan fingerprint density at radius 1 is 1.16 bits per heavy atom. The minimum absolute atomic E-state index is 0.154. The average Bonchev–Trinajstić information content (AvgIpc) is 2.62.